The summed E-state index contributed by atoms with van der Waals surface area (Å²) in [6, 6.07) is 6.17. The molecule has 0 fully saturated rings. The standard InChI is InChI=1S/C12H14BrN3/c1-7-4-5-9(10(13)6-7)11-12(14)16(3)8(2)15-11/h4-6H,14H2,1-3H3. The molecular formula is C12H14BrN3. The summed E-state index contributed by atoms with van der Waals surface area (Å²) < 4.78 is 2.92. The van der Waals surface area contributed by atoms with Crippen molar-refractivity contribution in [1.29, 1.82) is 0 Å². The number of halogens is 1. The smallest absolute Gasteiger partial charge is 0.131 e. The fourth-order valence-corrected chi connectivity index (χ4v) is 2.32. The first kappa shape index (κ1) is 11.2. The van der Waals surface area contributed by atoms with Gasteiger partial charge in [-0.05, 0) is 25.5 Å². The Morgan fingerprint density at radius 3 is 2.50 bits per heavy atom. The highest BCUT2D eigenvalue weighted by molar-refractivity contribution is 9.10. The Balaban J connectivity index is 2.63. The third kappa shape index (κ3) is 1.73. The normalized spacial score (nSPS) is 10.8. The molecule has 0 bridgehead atoms. The zero-order valence-corrected chi connectivity index (χ0v) is 11.2. The van der Waals surface area contributed by atoms with Crippen LogP contribution in [0.1, 0.15) is 11.4 Å². The van der Waals surface area contributed by atoms with Gasteiger partial charge in [-0.1, -0.05) is 28.1 Å². The molecule has 16 heavy (non-hydrogen) atoms. The van der Waals surface area contributed by atoms with Gasteiger partial charge >= 0.3 is 0 Å². The van der Waals surface area contributed by atoms with E-state index in [4.69, 9.17) is 5.73 Å². The first-order chi connectivity index (χ1) is 7.50. The zero-order chi connectivity index (χ0) is 11.9. The minimum absolute atomic E-state index is 0.696. The molecule has 0 saturated heterocycles. The summed E-state index contributed by atoms with van der Waals surface area (Å²) in [5, 5.41) is 0. The highest BCUT2D eigenvalue weighted by Gasteiger charge is 2.13. The molecule has 0 aliphatic carbocycles. The molecule has 2 aromatic rings. The number of anilines is 1. The zero-order valence-electron chi connectivity index (χ0n) is 9.58. The number of imidazole rings is 1. The summed E-state index contributed by atoms with van der Waals surface area (Å²) in [6.45, 7) is 4.00. The number of benzene rings is 1. The second kappa shape index (κ2) is 3.94. The molecule has 2 rings (SSSR count). The van der Waals surface area contributed by atoms with Crippen LogP contribution in [0.25, 0.3) is 11.3 Å². The van der Waals surface area contributed by atoms with Crippen molar-refractivity contribution in [3.63, 3.8) is 0 Å². The van der Waals surface area contributed by atoms with Crippen LogP contribution in [0.5, 0.6) is 0 Å². The van der Waals surface area contributed by atoms with Crippen LogP contribution in [0.2, 0.25) is 0 Å². The Labute approximate surface area is 103 Å². The Morgan fingerprint density at radius 2 is 2.00 bits per heavy atom. The van der Waals surface area contributed by atoms with Gasteiger partial charge in [-0.3, -0.25) is 0 Å². The molecule has 3 nitrogen and oxygen atoms in total. The van der Waals surface area contributed by atoms with Gasteiger partial charge < -0.3 is 10.3 Å². The molecule has 0 radical (unpaired) electrons. The average Bonchev–Trinajstić information content (AvgIpc) is 2.46. The number of nitrogens with two attached hydrogens (primary N) is 1. The third-order valence-electron chi connectivity index (χ3n) is 2.74. The van der Waals surface area contributed by atoms with Crippen LogP contribution in [0.15, 0.2) is 22.7 Å². The van der Waals surface area contributed by atoms with E-state index in [-0.39, 0.29) is 0 Å². The molecule has 4 heteroatoms. The van der Waals surface area contributed by atoms with Crippen molar-refractivity contribution in [3.05, 3.63) is 34.1 Å². The molecule has 0 unspecified atom stereocenters. The van der Waals surface area contributed by atoms with Gasteiger partial charge in [-0.25, -0.2) is 4.98 Å². The van der Waals surface area contributed by atoms with Gasteiger partial charge in [-0.2, -0.15) is 0 Å². The summed E-state index contributed by atoms with van der Waals surface area (Å²) in [6.07, 6.45) is 0. The molecule has 0 atom stereocenters. The SMILES string of the molecule is Cc1ccc(-c2nc(C)n(C)c2N)c(Br)c1. The predicted octanol–water partition coefficient (Wildman–Crippen LogP) is 3.05. The summed E-state index contributed by atoms with van der Waals surface area (Å²) in [5.74, 6) is 1.61. The molecule has 0 aliphatic rings. The van der Waals surface area contributed by atoms with E-state index in [1.807, 2.05) is 24.6 Å². The van der Waals surface area contributed by atoms with Gasteiger partial charge in [-0.15, -0.1) is 0 Å². The topological polar surface area (TPSA) is 43.8 Å². The van der Waals surface area contributed by atoms with Gasteiger partial charge in [0.1, 0.15) is 17.3 Å². The largest absolute Gasteiger partial charge is 0.383 e. The second-order valence-electron chi connectivity index (χ2n) is 3.94. The van der Waals surface area contributed by atoms with Gasteiger partial charge in [0.15, 0.2) is 0 Å². The van der Waals surface area contributed by atoms with Gasteiger partial charge in [0.2, 0.25) is 0 Å². The third-order valence-corrected chi connectivity index (χ3v) is 3.40. The van der Waals surface area contributed by atoms with E-state index in [9.17, 15) is 0 Å². The van der Waals surface area contributed by atoms with E-state index in [0.717, 1.165) is 21.6 Å². The summed E-state index contributed by atoms with van der Waals surface area (Å²) in [7, 11) is 1.92. The number of nitrogens with zero attached hydrogens (tertiary/aromatic N) is 2. The first-order valence-corrected chi connectivity index (χ1v) is 5.85. The quantitative estimate of drug-likeness (QED) is 0.872. The van der Waals surface area contributed by atoms with Crippen LogP contribution in [-0.2, 0) is 7.05 Å². The molecule has 0 aliphatic heterocycles. The van der Waals surface area contributed by atoms with Crippen LogP contribution in [-0.4, -0.2) is 9.55 Å². The number of aryl methyl sites for hydroxylation is 2. The Morgan fingerprint density at radius 1 is 1.31 bits per heavy atom. The maximum Gasteiger partial charge on any atom is 0.131 e. The number of rotatable bonds is 1. The van der Waals surface area contributed by atoms with Crippen molar-refractivity contribution in [2.45, 2.75) is 13.8 Å². The van der Waals surface area contributed by atoms with Crippen LogP contribution >= 0.6 is 15.9 Å². The van der Waals surface area contributed by atoms with Crippen molar-refractivity contribution in [2.75, 3.05) is 5.73 Å². The Bertz CT molecular complexity index is 543. The molecule has 1 heterocycles. The highest BCUT2D eigenvalue weighted by Crippen LogP contribution is 2.32. The molecule has 84 valence electrons. The summed E-state index contributed by atoms with van der Waals surface area (Å²) >= 11 is 3.55. The molecular weight excluding hydrogens is 266 g/mol. The van der Waals surface area contributed by atoms with E-state index >= 15 is 0 Å². The van der Waals surface area contributed by atoms with Crippen molar-refractivity contribution >= 4 is 21.7 Å². The van der Waals surface area contributed by atoms with E-state index in [1.54, 1.807) is 0 Å². The van der Waals surface area contributed by atoms with Gasteiger partial charge in [0.05, 0.1) is 0 Å². The minimum Gasteiger partial charge on any atom is -0.383 e. The fourth-order valence-electron chi connectivity index (χ4n) is 1.64. The summed E-state index contributed by atoms with van der Waals surface area (Å²) in [4.78, 5) is 4.48. The lowest BCUT2D eigenvalue weighted by atomic mass is 10.1. The second-order valence-corrected chi connectivity index (χ2v) is 4.79. The highest BCUT2D eigenvalue weighted by atomic mass is 79.9. The maximum absolute atomic E-state index is 6.02. The fraction of sp³-hybridized carbons (Fsp3) is 0.250. The summed E-state index contributed by atoms with van der Waals surface area (Å²) in [5.41, 5.74) is 9.11. The minimum atomic E-state index is 0.696. The van der Waals surface area contributed by atoms with Crippen LogP contribution in [0.3, 0.4) is 0 Å². The van der Waals surface area contributed by atoms with E-state index < -0.39 is 0 Å². The predicted molar refractivity (Wildman–Crippen MR) is 70.2 cm³/mol. The van der Waals surface area contributed by atoms with Crippen LogP contribution in [0.4, 0.5) is 5.82 Å². The lowest BCUT2D eigenvalue weighted by molar-refractivity contribution is 0.868. The number of nitrogen functional groups attached to an aromatic ring is 1. The Kier molecular flexibility index (Phi) is 2.76. The molecule has 0 amide bonds. The lowest BCUT2D eigenvalue weighted by Crippen LogP contribution is -1.98. The van der Waals surface area contributed by atoms with Crippen molar-refractivity contribution in [2.24, 2.45) is 7.05 Å². The van der Waals surface area contributed by atoms with Crippen molar-refractivity contribution < 1.29 is 0 Å². The number of hydrogen-bond acceptors (Lipinski definition) is 2. The van der Waals surface area contributed by atoms with Gasteiger partial charge in [0.25, 0.3) is 0 Å². The van der Waals surface area contributed by atoms with Crippen molar-refractivity contribution in [3.8, 4) is 11.3 Å². The lowest BCUT2D eigenvalue weighted by Gasteiger charge is -2.04. The van der Waals surface area contributed by atoms with Crippen molar-refractivity contribution in [1.82, 2.24) is 9.55 Å². The van der Waals surface area contributed by atoms with E-state index in [2.05, 4.69) is 40.0 Å². The average molecular weight is 280 g/mol. The van der Waals surface area contributed by atoms with E-state index in [1.165, 1.54) is 5.56 Å². The van der Waals surface area contributed by atoms with Gasteiger partial charge in [0, 0.05) is 17.1 Å². The molecule has 1 aromatic carbocycles. The Hall–Kier alpha value is -1.29. The first-order valence-electron chi connectivity index (χ1n) is 5.06. The maximum atomic E-state index is 6.02. The molecule has 2 N–H and O–H groups in total. The monoisotopic (exact) mass is 279 g/mol. The number of aromatic nitrogens is 2. The van der Waals surface area contributed by atoms with Crippen LogP contribution < -0.4 is 5.73 Å². The van der Waals surface area contributed by atoms with Crippen LogP contribution in [0, 0.1) is 13.8 Å². The van der Waals surface area contributed by atoms with E-state index in [0.29, 0.717) is 5.82 Å². The number of hydrogen-bond donors (Lipinski definition) is 1. The molecule has 0 saturated carbocycles. The molecule has 0 spiro atoms. The molecule has 1 aromatic heterocycles.